The maximum atomic E-state index is 11.6. The molecule has 0 amide bonds. The molecule has 0 bridgehead atoms. The summed E-state index contributed by atoms with van der Waals surface area (Å²) >= 11 is 0. The van der Waals surface area contributed by atoms with E-state index in [-0.39, 0.29) is 24.4 Å². The molecule has 0 heterocycles. The quantitative estimate of drug-likeness (QED) is 0.363. The van der Waals surface area contributed by atoms with Crippen molar-refractivity contribution < 1.29 is 14.6 Å². The van der Waals surface area contributed by atoms with E-state index in [0.29, 0.717) is 5.69 Å². The molecule has 0 aliphatic carbocycles. The maximum absolute atomic E-state index is 11.6. The molecule has 0 fully saturated rings. The second kappa shape index (κ2) is 5.94. The molecule has 4 nitrogen and oxygen atoms in total. The van der Waals surface area contributed by atoms with Crippen molar-refractivity contribution in [1.82, 2.24) is 0 Å². The Balaban J connectivity index is 2.94. The number of aliphatic hydroxyl groups is 1. The average Bonchev–Trinajstić information content (AvgIpc) is 2.27. The summed E-state index contributed by atoms with van der Waals surface area (Å²) in [4.78, 5) is 11.6. The van der Waals surface area contributed by atoms with Crippen molar-refractivity contribution in [2.24, 2.45) is 0 Å². The van der Waals surface area contributed by atoms with Crippen molar-refractivity contribution in [3.8, 4) is 0 Å². The van der Waals surface area contributed by atoms with Crippen LogP contribution in [0.25, 0.3) is 0 Å². The summed E-state index contributed by atoms with van der Waals surface area (Å²) in [5.41, 5.74) is 7.42. The largest absolute Gasteiger partial charge is 0.512 e. The summed E-state index contributed by atoms with van der Waals surface area (Å²) in [5.74, 6) is -0.539. The van der Waals surface area contributed by atoms with Crippen molar-refractivity contribution in [1.29, 1.82) is 0 Å². The van der Waals surface area contributed by atoms with Crippen molar-refractivity contribution >= 4 is 11.7 Å². The predicted molar refractivity (Wildman–Crippen MR) is 66.5 cm³/mol. The molecule has 0 aromatic heterocycles. The number of carbonyl (C=O) groups excluding carboxylic acids is 1. The van der Waals surface area contributed by atoms with Crippen molar-refractivity contribution in [3.63, 3.8) is 0 Å². The van der Waals surface area contributed by atoms with Gasteiger partial charge in [0.05, 0.1) is 17.9 Å². The van der Waals surface area contributed by atoms with E-state index in [1.54, 1.807) is 13.0 Å². The molecule has 1 aromatic rings. The smallest absolute Gasteiger partial charge is 0.337 e. The lowest BCUT2D eigenvalue weighted by Crippen LogP contribution is -2.12. The highest BCUT2D eigenvalue weighted by Crippen LogP contribution is 2.18. The Bertz CT molecular complexity index is 434. The second-order valence-electron chi connectivity index (χ2n) is 3.66. The minimum atomic E-state index is -0.504. The van der Waals surface area contributed by atoms with Gasteiger partial charge in [0, 0.05) is 12.1 Å². The Morgan fingerprint density at radius 3 is 2.59 bits per heavy atom. The minimum Gasteiger partial charge on any atom is -0.512 e. The monoisotopic (exact) mass is 235 g/mol. The summed E-state index contributed by atoms with van der Waals surface area (Å²) in [6, 6.07) is 7.22. The fourth-order valence-electron chi connectivity index (χ4n) is 1.45. The van der Waals surface area contributed by atoms with Gasteiger partial charge in [-0.05, 0) is 25.5 Å². The molecule has 0 saturated heterocycles. The first-order chi connectivity index (χ1) is 8.06. The number of benzene rings is 1. The second-order valence-corrected chi connectivity index (χ2v) is 3.66. The van der Waals surface area contributed by atoms with Crippen molar-refractivity contribution in [2.75, 3.05) is 12.3 Å². The van der Waals surface area contributed by atoms with Gasteiger partial charge in [-0.2, -0.15) is 0 Å². The Morgan fingerprint density at radius 1 is 1.41 bits per heavy atom. The van der Waals surface area contributed by atoms with Gasteiger partial charge in [0.15, 0.2) is 0 Å². The van der Waals surface area contributed by atoms with Crippen LogP contribution in [-0.2, 0) is 16.0 Å². The average molecular weight is 235 g/mol. The number of aliphatic hydroxyl groups excluding tert-OH is 1. The molecular formula is C13H17NO3. The fourth-order valence-corrected chi connectivity index (χ4v) is 1.45. The fraction of sp³-hybridized carbons (Fsp3) is 0.308. The normalized spacial score (nSPS) is 11.9. The zero-order valence-electron chi connectivity index (χ0n) is 10.1. The van der Waals surface area contributed by atoms with E-state index in [1.165, 1.54) is 6.92 Å². The summed E-state index contributed by atoms with van der Waals surface area (Å²) < 4.78 is 4.88. The lowest BCUT2D eigenvalue weighted by atomic mass is 10.0. The third-order valence-corrected chi connectivity index (χ3v) is 2.38. The molecule has 0 atom stereocenters. The van der Waals surface area contributed by atoms with E-state index in [0.717, 1.165) is 5.56 Å². The first kappa shape index (κ1) is 13.1. The minimum absolute atomic E-state index is 0.0355. The number of carbonyl (C=O) groups is 1. The molecule has 0 unspecified atom stereocenters. The maximum Gasteiger partial charge on any atom is 0.337 e. The van der Waals surface area contributed by atoms with Crippen LogP contribution >= 0.6 is 0 Å². The zero-order chi connectivity index (χ0) is 12.8. The highest BCUT2D eigenvalue weighted by Gasteiger charge is 2.15. The van der Waals surface area contributed by atoms with Crippen LogP contribution in [0, 0.1) is 0 Å². The SMILES string of the molecule is CCOC(=O)/C(Cc1ccccc1N)=C(\C)O. The van der Waals surface area contributed by atoms with Crippen LogP contribution in [0.4, 0.5) is 5.69 Å². The van der Waals surface area contributed by atoms with Gasteiger partial charge in [-0.1, -0.05) is 18.2 Å². The van der Waals surface area contributed by atoms with Gasteiger partial charge in [0.25, 0.3) is 0 Å². The highest BCUT2D eigenvalue weighted by atomic mass is 16.5. The molecule has 3 N–H and O–H groups in total. The molecular weight excluding hydrogens is 218 g/mol. The molecule has 0 spiro atoms. The molecule has 17 heavy (non-hydrogen) atoms. The zero-order valence-corrected chi connectivity index (χ0v) is 10.1. The number of allylic oxidation sites excluding steroid dienone is 1. The number of hydrogen-bond donors (Lipinski definition) is 2. The van der Waals surface area contributed by atoms with E-state index in [9.17, 15) is 9.90 Å². The number of nitrogen functional groups attached to an aromatic ring is 1. The summed E-state index contributed by atoms with van der Waals surface area (Å²) in [5, 5.41) is 9.50. The first-order valence-corrected chi connectivity index (χ1v) is 5.45. The van der Waals surface area contributed by atoms with Gasteiger partial charge in [-0.3, -0.25) is 0 Å². The number of para-hydroxylation sites is 1. The van der Waals surface area contributed by atoms with E-state index < -0.39 is 5.97 Å². The summed E-state index contributed by atoms with van der Waals surface area (Å²) in [6.07, 6.45) is 0.272. The van der Waals surface area contributed by atoms with Crippen LogP contribution < -0.4 is 5.73 Å². The molecule has 0 aliphatic rings. The Kier molecular flexibility index (Phi) is 4.57. The van der Waals surface area contributed by atoms with Gasteiger partial charge in [0.1, 0.15) is 0 Å². The van der Waals surface area contributed by atoms with Gasteiger partial charge in [0.2, 0.25) is 0 Å². The van der Waals surface area contributed by atoms with Gasteiger partial charge in [-0.15, -0.1) is 0 Å². The Morgan fingerprint density at radius 2 is 2.06 bits per heavy atom. The van der Waals surface area contributed by atoms with E-state index in [4.69, 9.17) is 10.5 Å². The van der Waals surface area contributed by atoms with Crippen LogP contribution in [0.3, 0.4) is 0 Å². The van der Waals surface area contributed by atoms with Gasteiger partial charge >= 0.3 is 5.97 Å². The first-order valence-electron chi connectivity index (χ1n) is 5.45. The van der Waals surface area contributed by atoms with Crippen LogP contribution in [0.15, 0.2) is 35.6 Å². The number of esters is 1. The topological polar surface area (TPSA) is 72.5 Å². The number of anilines is 1. The van der Waals surface area contributed by atoms with Crippen LogP contribution in [0.5, 0.6) is 0 Å². The standard InChI is InChI=1S/C13H17NO3/c1-3-17-13(16)11(9(2)15)8-10-6-4-5-7-12(10)14/h4-7,15H,3,8,14H2,1-2H3/b11-9+. The molecule has 4 heteroatoms. The lowest BCUT2D eigenvalue weighted by molar-refractivity contribution is -0.138. The van der Waals surface area contributed by atoms with Crippen molar-refractivity contribution in [2.45, 2.75) is 20.3 Å². The van der Waals surface area contributed by atoms with Crippen LogP contribution in [0.2, 0.25) is 0 Å². The van der Waals surface area contributed by atoms with Crippen LogP contribution in [0.1, 0.15) is 19.4 Å². The Hall–Kier alpha value is -1.97. The van der Waals surface area contributed by atoms with E-state index in [2.05, 4.69) is 0 Å². The van der Waals surface area contributed by atoms with Crippen LogP contribution in [-0.4, -0.2) is 17.7 Å². The molecule has 1 aromatic carbocycles. The van der Waals surface area contributed by atoms with Gasteiger partial charge in [-0.25, -0.2) is 4.79 Å². The number of nitrogens with two attached hydrogens (primary N) is 1. The molecule has 92 valence electrons. The predicted octanol–water partition coefficient (Wildman–Crippen LogP) is 2.21. The summed E-state index contributed by atoms with van der Waals surface area (Å²) in [7, 11) is 0. The summed E-state index contributed by atoms with van der Waals surface area (Å²) in [6.45, 7) is 3.46. The van der Waals surface area contributed by atoms with Gasteiger partial charge < -0.3 is 15.6 Å². The molecule has 0 aliphatic heterocycles. The number of ether oxygens (including phenoxy) is 1. The number of hydrogen-bond acceptors (Lipinski definition) is 4. The molecule has 0 radical (unpaired) electrons. The van der Waals surface area contributed by atoms with Crippen molar-refractivity contribution in [3.05, 3.63) is 41.2 Å². The molecule has 1 rings (SSSR count). The third-order valence-electron chi connectivity index (χ3n) is 2.38. The number of rotatable bonds is 4. The van der Waals surface area contributed by atoms with E-state index >= 15 is 0 Å². The van der Waals surface area contributed by atoms with E-state index in [1.807, 2.05) is 18.2 Å². The lowest BCUT2D eigenvalue weighted by Gasteiger charge is -2.09. The Labute approximate surface area is 101 Å². The molecule has 0 saturated carbocycles. The highest BCUT2D eigenvalue weighted by molar-refractivity contribution is 5.89. The third kappa shape index (κ3) is 3.52.